The Kier molecular flexibility index (Phi) is 6.09. The fraction of sp³-hybridized carbons (Fsp3) is 0.222. The summed E-state index contributed by atoms with van der Waals surface area (Å²) >= 11 is 6.08. The van der Waals surface area contributed by atoms with Crippen molar-refractivity contribution in [1.82, 2.24) is 0 Å². The maximum Gasteiger partial charge on any atom is 0.226 e. The molecule has 132 valence electrons. The molecule has 0 atom stereocenters. The second-order valence-corrected chi connectivity index (χ2v) is 5.89. The van der Waals surface area contributed by atoms with Gasteiger partial charge in [-0.3, -0.25) is 9.59 Å². The van der Waals surface area contributed by atoms with Crippen molar-refractivity contribution in [2.45, 2.75) is 20.3 Å². The van der Waals surface area contributed by atoms with Gasteiger partial charge in [0.2, 0.25) is 11.8 Å². The molecule has 7 heteroatoms. The first-order valence-electron chi connectivity index (χ1n) is 7.57. The number of nitrogens with one attached hydrogen (secondary N) is 1. The predicted molar refractivity (Wildman–Crippen MR) is 93.8 cm³/mol. The minimum Gasteiger partial charge on any atom is -0.326 e. The second kappa shape index (κ2) is 8.07. The number of carbonyl (C=O) groups is 2. The average Bonchev–Trinajstić information content (AvgIpc) is 2.54. The van der Waals surface area contributed by atoms with Crippen molar-refractivity contribution in [2.24, 2.45) is 0 Å². The summed E-state index contributed by atoms with van der Waals surface area (Å²) in [5, 5.41) is 3.00. The summed E-state index contributed by atoms with van der Waals surface area (Å²) in [5.74, 6) is -2.68. The van der Waals surface area contributed by atoms with Gasteiger partial charge >= 0.3 is 0 Å². The third kappa shape index (κ3) is 4.76. The molecule has 1 N–H and O–H groups in total. The van der Waals surface area contributed by atoms with Crippen molar-refractivity contribution in [3.63, 3.8) is 0 Å². The Morgan fingerprint density at radius 2 is 1.88 bits per heavy atom. The topological polar surface area (TPSA) is 49.4 Å². The number of hydrogen-bond donors (Lipinski definition) is 1. The molecule has 2 aromatic carbocycles. The highest BCUT2D eigenvalue weighted by Gasteiger charge is 2.16. The standard InChI is InChI=1S/C18H17ClF2N2O2/c1-11-14(19)4-3-5-17(11)23(12(2)24)9-8-18(25)22-13-6-7-15(20)16(21)10-13/h3-7,10H,8-9H2,1-2H3,(H,22,25). The van der Waals surface area contributed by atoms with Gasteiger partial charge in [-0.2, -0.15) is 0 Å². The normalized spacial score (nSPS) is 10.4. The van der Waals surface area contributed by atoms with E-state index >= 15 is 0 Å². The largest absolute Gasteiger partial charge is 0.326 e. The van der Waals surface area contributed by atoms with Gasteiger partial charge in [0.15, 0.2) is 11.6 Å². The summed E-state index contributed by atoms with van der Waals surface area (Å²) in [5.41, 5.74) is 1.51. The van der Waals surface area contributed by atoms with Crippen LogP contribution in [-0.2, 0) is 9.59 Å². The third-order valence-electron chi connectivity index (χ3n) is 3.68. The Labute approximate surface area is 149 Å². The first-order chi connectivity index (χ1) is 11.8. The van der Waals surface area contributed by atoms with E-state index in [0.29, 0.717) is 10.7 Å². The number of carbonyl (C=O) groups excluding carboxylic acids is 2. The van der Waals surface area contributed by atoms with Crippen LogP contribution in [0.2, 0.25) is 5.02 Å². The van der Waals surface area contributed by atoms with Gasteiger partial charge in [0.25, 0.3) is 0 Å². The maximum absolute atomic E-state index is 13.2. The Morgan fingerprint density at radius 1 is 1.16 bits per heavy atom. The van der Waals surface area contributed by atoms with Crippen LogP contribution >= 0.6 is 11.6 Å². The van der Waals surface area contributed by atoms with Crippen LogP contribution in [-0.4, -0.2) is 18.4 Å². The smallest absolute Gasteiger partial charge is 0.226 e. The average molecular weight is 367 g/mol. The number of anilines is 2. The molecule has 2 amide bonds. The third-order valence-corrected chi connectivity index (χ3v) is 4.09. The van der Waals surface area contributed by atoms with Crippen molar-refractivity contribution in [3.05, 3.63) is 58.6 Å². The van der Waals surface area contributed by atoms with Gasteiger partial charge in [-0.25, -0.2) is 8.78 Å². The number of hydrogen-bond acceptors (Lipinski definition) is 2. The van der Waals surface area contributed by atoms with Crippen molar-refractivity contribution in [1.29, 1.82) is 0 Å². The van der Waals surface area contributed by atoms with E-state index in [4.69, 9.17) is 11.6 Å². The van der Waals surface area contributed by atoms with Crippen LogP contribution in [0.3, 0.4) is 0 Å². The van der Waals surface area contributed by atoms with Crippen LogP contribution in [0.15, 0.2) is 36.4 Å². The Morgan fingerprint density at radius 3 is 2.52 bits per heavy atom. The van der Waals surface area contributed by atoms with Crippen molar-refractivity contribution >= 4 is 34.8 Å². The predicted octanol–water partition coefficient (Wildman–Crippen LogP) is 4.31. The minimum absolute atomic E-state index is 0.00940. The SMILES string of the molecule is CC(=O)N(CCC(=O)Nc1ccc(F)c(F)c1)c1cccc(Cl)c1C. The molecule has 0 heterocycles. The lowest BCUT2D eigenvalue weighted by Gasteiger charge is -2.23. The highest BCUT2D eigenvalue weighted by molar-refractivity contribution is 6.31. The van der Waals surface area contributed by atoms with E-state index in [1.807, 2.05) is 0 Å². The van der Waals surface area contributed by atoms with Gasteiger partial charge in [0.1, 0.15) is 0 Å². The van der Waals surface area contributed by atoms with E-state index in [9.17, 15) is 18.4 Å². The van der Waals surface area contributed by atoms with Crippen molar-refractivity contribution < 1.29 is 18.4 Å². The van der Waals surface area contributed by atoms with Crippen molar-refractivity contribution in [2.75, 3.05) is 16.8 Å². The molecular formula is C18H17ClF2N2O2. The van der Waals surface area contributed by atoms with Gasteiger partial charge in [-0.1, -0.05) is 17.7 Å². The van der Waals surface area contributed by atoms with Gasteiger partial charge in [0, 0.05) is 42.4 Å². The number of rotatable bonds is 5. The second-order valence-electron chi connectivity index (χ2n) is 5.48. The first kappa shape index (κ1) is 18.9. The monoisotopic (exact) mass is 366 g/mol. The van der Waals surface area contributed by atoms with Crippen LogP contribution in [0.1, 0.15) is 18.9 Å². The number of amides is 2. The van der Waals surface area contributed by atoms with Gasteiger partial charge in [-0.15, -0.1) is 0 Å². The zero-order valence-electron chi connectivity index (χ0n) is 13.8. The maximum atomic E-state index is 13.2. The molecule has 0 saturated heterocycles. The molecule has 4 nitrogen and oxygen atoms in total. The van der Waals surface area contributed by atoms with E-state index in [0.717, 1.165) is 17.7 Å². The van der Waals surface area contributed by atoms with E-state index in [-0.39, 0.29) is 24.6 Å². The molecule has 0 bridgehead atoms. The number of nitrogens with zero attached hydrogens (tertiary/aromatic N) is 1. The lowest BCUT2D eigenvalue weighted by atomic mass is 10.1. The van der Waals surface area contributed by atoms with Gasteiger partial charge in [-0.05, 0) is 36.8 Å². The fourth-order valence-electron chi connectivity index (χ4n) is 2.35. The van der Waals surface area contributed by atoms with Crippen LogP contribution in [0.4, 0.5) is 20.2 Å². The molecule has 0 radical (unpaired) electrons. The molecule has 0 aliphatic carbocycles. The summed E-state index contributed by atoms with van der Waals surface area (Å²) in [7, 11) is 0. The van der Waals surface area contributed by atoms with Crippen LogP contribution in [0.25, 0.3) is 0 Å². The summed E-state index contributed by atoms with van der Waals surface area (Å²) in [6, 6.07) is 8.28. The van der Waals surface area contributed by atoms with Crippen LogP contribution in [0, 0.1) is 18.6 Å². The summed E-state index contributed by atoms with van der Waals surface area (Å²) in [6.45, 7) is 3.31. The van der Waals surface area contributed by atoms with E-state index in [1.54, 1.807) is 25.1 Å². The van der Waals surface area contributed by atoms with Gasteiger partial charge in [0.05, 0.1) is 0 Å². The zero-order chi connectivity index (χ0) is 18.6. The van der Waals surface area contributed by atoms with E-state index in [1.165, 1.54) is 17.9 Å². The minimum atomic E-state index is -1.04. The van der Waals surface area contributed by atoms with Gasteiger partial charge < -0.3 is 10.2 Å². The number of halogens is 3. The summed E-state index contributed by atoms with van der Waals surface area (Å²) in [6.07, 6.45) is -0.00940. The van der Waals surface area contributed by atoms with Crippen molar-refractivity contribution in [3.8, 4) is 0 Å². The van der Waals surface area contributed by atoms with Crippen LogP contribution < -0.4 is 10.2 Å². The van der Waals surface area contributed by atoms with E-state index < -0.39 is 17.5 Å². The highest BCUT2D eigenvalue weighted by Crippen LogP contribution is 2.27. The molecule has 2 rings (SSSR count). The Bertz CT molecular complexity index is 812. The molecule has 0 aliphatic rings. The number of benzene rings is 2. The zero-order valence-corrected chi connectivity index (χ0v) is 14.5. The molecule has 0 saturated carbocycles. The summed E-state index contributed by atoms with van der Waals surface area (Å²) < 4.78 is 26.1. The lowest BCUT2D eigenvalue weighted by Crippen LogP contribution is -2.32. The molecule has 0 aliphatic heterocycles. The quantitative estimate of drug-likeness (QED) is 0.857. The molecule has 2 aromatic rings. The Hall–Kier alpha value is -2.47. The summed E-state index contributed by atoms with van der Waals surface area (Å²) in [4.78, 5) is 25.4. The molecule has 25 heavy (non-hydrogen) atoms. The Balaban J connectivity index is 2.05. The molecule has 0 aromatic heterocycles. The lowest BCUT2D eigenvalue weighted by molar-refractivity contribution is -0.117. The highest BCUT2D eigenvalue weighted by atomic mass is 35.5. The molecule has 0 fully saturated rings. The fourth-order valence-corrected chi connectivity index (χ4v) is 2.52. The van der Waals surface area contributed by atoms with E-state index in [2.05, 4.69) is 5.32 Å². The molecular weight excluding hydrogens is 350 g/mol. The molecule has 0 unspecified atom stereocenters. The first-order valence-corrected chi connectivity index (χ1v) is 7.95. The van der Waals surface area contributed by atoms with Crippen LogP contribution in [0.5, 0.6) is 0 Å². The molecule has 0 spiro atoms.